The van der Waals surface area contributed by atoms with Crippen LogP contribution < -0.4 is 9.47 Å². The summed E-state index contributed by atoms with van der Waals surface area (Å²) in [5, 5.41) is 9.24. The van der Waals surface area contributed by atoms with Gasteiger partial charge in [0.15, 0.2) is 12.7 Å². The summed E-state index contributed by atoms with van der Waals surface area (Å²) in [5.74, 6) is -1.14. The lowest BCUT2D eigenvalue weighted by Crippen LogP contribution is -2.35. The van der Waals surface area contributed by atoms with Crippen LogP contribution in [0.2, 0.25) is 0 Å². The summed E-state index contributed by atoms with van der Waals surface area (Å²) in [6.07, 6.45) is -0.433. The molecule has 0 aliphatic heterocycles. The molecule has 2 aromatic carbocycles. The number of amides is 1. The monoisotopic (exact) mass is 539 g/mol. The summed E-state index contributed by atoms with van der Waals surface area (Å²) < 4.78 is 52.1. The number of alkyl halides is 3. The molecule has 7 nitrogen and oxygen atoms in total. The Hall–Kier alpha value is -3.27. The molecule has 0 aromatic heterocycles. The van der Waals surface area contributed by atoms with Crippen LogP contribution in [0.5, 0.6) is 11.5 Å². The molecule has 38 heavy (non-hydrogen) atoms. The zero-order valence-corrected chi connectivity index (χ0v) is 21.8. The normalized spacial score (nSPS) is 12.1. The number of carboxylic acids is 1. The molecule has 2 aromatic rings. The van der Waals surface area contributed by atoms with E-state index in [1.807, 2.05) is 0 Å². The molecule has 0 saturated heterocycles. The third kappa shape index (κ3) is 11.9. The number of rotatable bonds is 17. The molecule has 210 valence electrons. The SMILES string of the molecule is CCCCCCCN(Cc1ccc(OC(F)(F)F)cc1)C(=O)COc1ccc(C[C@H](OCC)C(=O)O)cc1. The van der Waals surface area contributed by atoms with Crippen molar-refractivity contribution in [2.24, 2.45) is 0 Å². The van der Waals surface area contributed by atoms with Gasteiger partial charge in [-0.05, 0) is 48.7 Å². The molecular formula is C28H36F3NO6. The van der Waals surface area contributed by atoms with Gasteiger partial charge >= 0.3 is 12.3 Å². The van der Waals surface area contributed by atoms with Crippen molar-refractivity contribution in [1.82, 2.24) is 4.90 Å². The van der Waals surface area contributed by atoms with Crippen molar-refractivity contribution >= 4 is 11.9 Å². The molecule has 1 amide bonds. The molecule has 0 aliphatic rings. The molecule has 2 rings (SSSR count). The topological polar surface area (TPSA) is 85.3 Å². The standard InChI is InChI=1S/C28H36F3NO6/c1-3-5-6-7-8-17-32(19-22-11-15-24(16-12-22)38-28(29,30)31)26(33)20-37-23-13-9-21(10-14-23)18-25(27(34)35)36-4-2/h9-16,25H,3-8,17-20H2,1-2H3,(H,34,35)/t25-/m0/s1. The minimum Gasteiger partial charge on any atom is -0.484 e. The number of unbranched alkanes of at least 4 members (excludes halogenated alkanes) is 4. The zero-order valence-electron chi connectivity index (χ0n) is 21.8. The number of halogens is 3. The van der Waals surface area contributed by atoms with Gasteiger partial charge in [0, 0.05) is 26.1 Å². The summed E-state index contributed by atoms with van der Waals surface area (Å²) in [4.78, 5) is 25.9. The summed E-state index contributed by atoms with van der Waals surface area (Å²) in [6.45, 7) is 4.67. The molecule has 0 unspecified atom stereocenters. The molecule has 0 heterocycles. The van der Waals surface area contributed by atoms with E-state index >= 15 is 0 Å². The zero-order chi connectivity index (χ0) is 28.0. The molecule has 1 N–H and O–H groups in total. The number of nitrogens with zero attached hydrogens (tertiary/aromatic N) is 1. The third-order valence-electron chi connectivity index (χ3n) is 5.76. The van der Waals surface area contributed by atoms with E-state index in [0.29, 0.717) is 24.5 Å². The van der Waals surface area contributed by atoms with Crippen LogP contribution in [0.25, 0.3) is 0 Å². The number of hydrogen-bond acceptors (Lipinski definition) is 5. The first-order valence-corrected chi connectivity index (χ1v) is 12.8. The first-order valence-electron chi connectivity index (χ1n) is 12.8. The Bertz CT molecular complexity index is 980. The molecule has 0 radical (unpaired) electrons. The predicted molar refractivity (Wildman–Crippen MR) is 136 cm³/mol. The second-order valence-electron chi connectivity index (χ2n) is 8.84. The number of aliphatic carboxylic acids is 1. The van der Waals surface area contributed by atoms with Crippen molar-refractivity contribution < 1.29 is 42.1 Å². The Morgan fingerprint density at radius 3 is 2.08 bits per heavy atom. The maximum absolute atomic E-state index is 13.0. The van der Waals surface area contributed by atoms with Gasteiger partial charge in [0.1, 0.15) is 11.5 Å². The fourth-order valence-electron chi connectivity index (χ4n) is 3.81. The van der Waals surface area contributed by atoms with E-state index < -0.39 is 18.4 Å². The molecule has 0 spiro atoms. The minimum atomic E-state index is -4.77. The Kier molecular flexibility index (Phi) is 12.9. The van der Waals surface area contributed by atoms with Crippen LogP contribution in [0.3, 0.4) is 0 Å². The number of carboxylic acid groups (broad SMARTS) is 1. The summed E-state index contributed by atoms with van der Waals surface area (Å²) >= 11 is 0. The molecule has 0 aliphatic carbocycles. The highest BCUT2D eigenvalue weighted by Gasteiger charge is 2.31. The average Bonchev–Trinajstić information content (AvgIpc) is 2.87. The summed E-state index contributed by atoms with van der Waals surface area (Å²) in [7, 11) is 0. The molecule has 0 saturated carbocycles. The number of ether oxygens (including phenoxy) is 3. The lowest BCUT2D eigenvalue weighted by atomic mass is 10.1. The summed E-state index contributed by atoms with van der Waals surface area (Å²) in [5.41, 5.74) is 1.43. The highest BCUT2D eigenvalue weighted by atomic mass is 19.4. The van der Waals surface area contributed by atoms with Crippen LogP contribution >= 0.6 is 0 Å². The van der Waals surface area contributed by atoms with Crippen molar-refractivity contribution in [2.75, 3.05) is 19.8 Å². The molecule has 10 heteroatoms. The molecular weight excluding hydrogens is 503 g/mol. The largest absolute Gasteiger partial charge is 0.573 e. The van der Waals surface area contributed by atoms with Gasteiger partial charge in [-0.3, -0.25) is 4.79 Å². The number of carbonyl (C=O) groups excluding carboxylic acids is 1. The quantitative estimate of drug-likeness (QED) is 0.249. The smallest absolute Gasteiger partial charge is 0.484 e. The highest BCUT2D eigenvalue weighted by molar-refractivity contribution is 5.77. The van der Waals surface area contributed by atoms with Crippen LogP contribution in [-0.4, -0.2) is 54.1 Å². The van der Waals surface area contributed by atoms with Gasteiger partial charge in [-0.15, -0.1) is 13.2 Å². The number of hydrogen-bond donors (Lipinski definition) is 1. The Balaban J connectivity index is 1.98. The Labute approximate surface area is 221 Å². The first-order chi connectivity index (χ1) is 18.1. The minimum absolute atomic E-state index is 0.208. The maximum atomic E-state index is 13.0. The highest BCUT2D eigenvalue weighted by Crippen LogP contribution is 2.23. The van der Waals surface area contributed by atoms with Crippen molar-refractivity contribution in [1.29, 1.82) is 0 Å². The first kappa shape index (κ1) is 31.0. The van der Waals surface area contributed by atoms with Gasteiger partial charge in [-0.25, -0.2) is 4.79 Å². The van der Waals surface area contributed by atoms with Crippen molar-refractivity contribution in [3.63, 3.8) is 0 Å². The third-order valence-corrected chi connectivity index (χ3v) is 5.76. The van der Waals surface area contributed by atoms with Crippen LogP contribution in [0.1, 0.15) is 57.1 Å². The van der Waals surface area contributed by atoms with Gasteiger partial charge in [0.2, 0.25) is 0 Å². The van der Waals surface area contributed by atoms with Crippen molar-refractivity contribution in [3.05, 3.63) is 59.7 Å². The van der Waals surface area contributed by atoms with E-state index in [2.05, 4.69) is 11.7 Å². The fourth-order valence-corrected chi connectivity index (χ4v) is 3.81. The second-order valence-corrected chi connectivity index (χ2v) is 8.84. The molecule has 0 fully saturated rings. The predicted octanol–water partition coefficient (Wildman–Crippen LogP) is 6.00. The van der Waals surface area contributed by atoms with Crippen LogP contribution in [0, 0.1) is 0 Å². The van der Waals surface area contributed by atoms with Crippen molar-refractivity contribution in [3.8, 4) is 11.5 Å². The number of benzene rings is 2. The summed E-state index contributed by atoms with van der Waals surface area (Å²) in [6, 6.07) is 12.3. The van der Waals surface area contributed by atoms with Crippen LogP contribution in [-0.2, 0) is 27.3 Å². The fraction of sp³-hybridized carbons (Fsp3) is 0.500. The van der Waals surface area contributed by atoms with Crippen LogP contribution in [0.15, 0.2) is 48.5 Å². The average molecular weight is 540 g/mol. The van der Waals surface area contributed by atoms with E-state index in [0.717, 1.165) is 37.7 Å². The van der Waals surface area contributed by atoms with Gasteiger partial charge in [-0.1, -0.05) is 56.9 Å². The lowest BCUT2D eigenvalue weighted by Gasteiger charge is -2.23. The van der Waals surface area contributed by atoms with Gasteiger partial charge in [0.05, 0.1) is 0 Å². The van der Waals surface area contributed by atoms with E-state index in [1.165, 1.54) is 24.3 Å². The maximum Gasteiger partial charge on any atom is 0.573 e. The van der Waals surface area contributed by atoms with Crippen molar-refractivity contribution in [2.45, 2.75) is 71.4 Å². The van der Waals surface area contributed by atoms with Gasteiger partial charge in [0.25, 0.3) is 5.91 Å². The van der Waals surface area contributed by atoms with E-state index in [9.17, 15) is 27.9 Å². The Morgan fingerprint density at radius 1 is 0.895 bits per heavy atom. The number of carbonyl (C=O) groups is 2. The lowest BCUT2D eigenvalue weighted by molar-refractivity contribution is -0.274. The van der Waals surface area contributed by atoms with Gasteiger partial charge in [-0.2, -0.15) is 0 Å². The van der Waals surface area contributed by atoms with Gasteiger partial charge < -0.3 is 24.2 Å². The van der Waals surface area contributed by atoms with E-state index in [1.54, 1.807) is 36.1 Å². The van der Waals surface area contributed by atoms with E-state index in [-0.39, 0.29) is 31.2 Å². The van der Waals surface area contributed by atoms with Crippen LogP contribution in [0.4, 0.5) is 13.2 Å². The molecule has 1 atom stereocenters. The molecule has 0 bridgehead atoms. The van der Waals surface area contributed by atoms with E-state index in [4.69, 9.17) is 9.47 Å². The Morgan fingerprint density at radius 2 is 1.50 bits per heavy atom. The second kappa shape index (κ2) is 15.9.